The van der Waals surface area contributed by atoms with E-state index in [0.29, 0.717) is 52.9 Å². The van der Waals surface area contributed by atoms with Crippen LogP contribution in [0.15, 0.2) is 40.9 Å². The predicted molar refractivity (Wildman–Crippen MR) is 108 cm³/mol. The quantitative estimate of drug-likeness (QED) is 0.563. The Hall–Kier alpha value is -1.56. The minimum absolute atomic E-state index is 0.0153. The molecular formula is C20H16BrCl2NO3. The van der Waals surface area contributed by atoms with Crippen LogP contribution in [0.25, 0.3) is 0 Å². The largest absolute Gasteiger partial charge is 0.484 e. The Kier molecular flexibility index (Phi) is 4.95. The number of amides is 1. The molecule has 0 saturated carbocycles. The molecule has 0 unspecified atom stereocenters. The van der Waals surface area contributed by atoms with Crippen molar-refractivity contribution in [3.05, 3.63) is 62.0 Å². The third-order valence-corrected chi connectivity index (χ3v) is 6.14. The molecule has 0 aliphatic carbocycles. The van der Waals surface area contributed by atoms with E-state index in [1.807, 2.05) is 18.2 Å². The van der Waals surface area contributed by atoms with Crippen molar-refractivity contribution in [1.29, 1.82) is 0 Å². The van der Waals surface area contributed by atoms with Crippen LogP contribution in [0.3, 0.4) is 0 Å². The van der Waals surface area contributed by atoms with Crippen LogP contribution in [0, 0.1) is 0 Å². The van der Waals surface area contributed by atoms with Crippen LogP contribution in [0.1, 0.15) is 40.0 Å². The van der Waals surface area contributed by atoms with Crippen molar-refractivity contribution >= 4 is 50.8 Å². The fourth-order valence-corrected chi connectivity index (χ4v) is 4.64. The molecule has 0 aromatic heterocycles. The smallest absolute Gasteiger partial charge is 0.253 e. The highest BCUT2D eigenvalue weighted by Crippen LogP contribution is 2.44. The average Bonchev–Trinajstić information content (AvgIpc) is 2.63. The van der Waals surface area contributed by atoms with Crippen LogP contribution in [-0.4, -0.2) is 35.3 Å². The van der Waals surface area contributed by atoms with E-state index in [4.69, 9.17) is 27.9 Å². The molecule has 2 heterocycles. The molecule has 7 heteroatoms. The number of nitrogens with zero attached hydrogens (tertiary/aromatic N) is 1. The fourth-order valence-electron chi connectivity index (χ4n) is 3.71. The monoisotopic (exact) mass is 467 g/mol. The lowest BCUT2D eigenvalue weighted by Gasteiger charge is -2.44. The molecule has 27 heavy (non-hydrogen) atoms. The highest BCUT2D eigenvalue weighted by Gasteiger charge is 2.44. The topological polar surface area (TPSA) is 46.6 Å². The molecule has 4 nitrogen and oxygen atoms in total. The number of carbonyl (C=O) groups excluding carboxylic acids is 2. The molecular weight excluding hydrogens is 453 g/mol. The number of hydrogen-bond donors (Lipinski definition) is 0. The summed E-state index contributed by atoms with van der Waals surface area (Å²) >= 11 is 15.7. The number of ether oxygens (including phenoxy) is 1. The highest BCUT2D eigenvalue weighted by molar-refractivity contribution is 9.10. The minimum atomic E-state index is -0.615. The number of hydrogen-bond acceptors (Lipinski definition) is 3. The van der Waals surface area contributed by atoms with E-state index in [1.54, 1.807) is 23.1 Å². The third-order valence-electron chi connectivity index (χ3n) is 5.14. The Balaban J connectivity index is 1.52. The lowest BCUT2D eigenvalue weighted by atomic mass is 9.82. The van der Waals surface area contributed by atoms with Gasteiger partial charge in [0.2, 0.25) is 0 Å². The minimum Gasteiger partial charge on any atom is -0.484 e. The van der Waals surface area contributed by atoms with Crippen molar-refractivity contribution in [2.24, 2.45) is 0 Å². The number of ketones is 1. The molecule has 4 rings (SSSR count). The first-order valence-electron chi connectivity index (χ1n) is 8.63. The Labute approximate surface area is 175 Å². The Bertz CT molecular complexity index is 939. The van der Waals surface area contributed by atoms with E-state index < -0.39 is 5.60 Å². The molecule has 1 fully saturated rings. The molecule has 0 N–H and O–H groups in total. The van der Waals surface area contributed by atoms with Crippen LogP contribution in [-0.2, 0) is 0 Å². The van der Waals surface area contributed by atoms with Crippen LogP contribution >= 0.6 is 39.1 Å². The van der Waals surface area contributed by atoms with Crippen molar-refractivity contribution in [3.63, 3.8) is 0 Å². The standard InChI is InChI=1S/C20H16BrCl2NO3/c21-13-3-1-2-12(8-13)19(26)24-6-4-20(5-7-24)11-17(25)15-9-14(22)10-16(23)18(15)27-20/h1-3,8-10H,4-7,11H2. The fraction of sp³-hybridized carbons (Fsp3) is 0.300. The lowest BCUT2D eigenvalue weighted by molar-refractivity contribution is -0.00565. The number of halogens is 3. The molecule has 140 valence electrons. The Morgan fingerprint density at radius 1 is 1.15 bits per heavy atom. The van der Waals surface area contributed by atoms with E-state index in [9.17, 15) is 9.59 Å². The summed E-state index contributed by atoms with van der Waals surface area (Å²) in [5.41, 5.74) is 0.463. The van der Waals surface area contributed by atoms with Gasteiger partial charge < -0.3 is 9.64 Å². The maximum atomic E-state index is 12.7. The van der Waals surface area contributed by atoms with Gasteiger partial charge in [-0.1, -0.05) is 45.2 Å². The number of carbonyl (C=O) groups is 2. The third kappa shape index (κ3) is 3.60. The summed E-state index contributed by atoms with van der Waals surface area (Å²) in [7, 11) is 0. The normalized spacial score (nSPS) is 18.2. The van der Waals surface area contributed by atoms with E-state index >= 15 is 0 Å². The van der Waals surface area contributed by atoms with Gasteiger partial charge in [-0.25, -0.2) is 0 Å². The van der Waals surface area contributed by atoms with Crippen LogP contribution in [0.2, 0.25) is 10.0 Å². The van der Waals surface area contributed by atoms with E-state index in [-0.39, 0.29) is 18.1 Å². The van der Waals surface area contributed by atoms with Crippen LogP contribution in [0.5, 0.6) is 5.75 Å². The highest BCUT2D eigenvalue weighted by atomic mass is 79.9. The van der Waals surface area contributed by atoms with Crippen LogP contribution < -0.4 is 4.74 Å². The average molecular weight is 469 g/mol. The van der Waals surface area contributed by atoms with Gasteiger partial charge in [0.05, 0.1) is 17.0 Å². The first kappa shape index (κ1) is 18.8. The van der Waals surface area contributed by atoms with Gasteiger partial charge in [0.1, 0.15) is 11.4 Å². The summed E-state index contributed by atoms with van der Waals surface area (Å²) in [4.78, 5) is 27.2. The van der Waals surface area contributed by atoms with E-state index in [0.717, 1.165) is 4.47 Å². The molecule has 2 aromatic carbocycles. The number of Topliss-reactive ketones (excluding diaryl/α,β-unsaturated/α-hetero) is 1. The lowest BCUT2D eigenvalue weighted by Crippen LogP contribution is -2.52. The summed E-state index contributed by atoms with van der Waals surface area (Å²) in [6.07, 6.45) is 1.43. The van der Waals surface area contributed by atoms with Gasteiger partial charge in [-0.05, 0) is 30.3 Å². The SMILES string of the molecule is O=C1CC2(CCN(C(=O)c3cccc(Br)c3)CC2)Oc2c(Cl)cc(Cl)cc21. The molecule has 0 radical (unpaired) electrons. The first-order valence-corrected chi connectivity index (χ1v) is 10.2. The van der Waals surface area contributed by atoms with Gasteiger partial charge in [0, 0.05) is 41.0 Å². The predicted octanol–water partition coefficient (Wildman–Crippen LogP) is 5.40. The second kappa shape index (κ2) is 7.12. The summed E-state index contributed by atoms with van der Waals surface area (Å²) in [6.45, 7) is 1.05. The van der Waals surface area contributed by atoms with Crippen molar-refractivity contribution in [2.45, 2.75) is 24.9 Å². The summed E-state index contributed by atoms with van der Waals surface area (Å²) in [5.74, 6) is 0.370. The molecule has 1 amide bonds. The number of benzene rings is 2. The summed E-state index contributed by atoms with van der Waals surface area (Å²) in [5, 5.41) is 0.763. The molecule has 2 aliphatic rings. The number of fused-ring (bicyclic) bond motifs is 1. The van der Waals surface area contributed by atoms with Gasteiger partial charge in [0.15, 0.2) is 5.78 Å². The number of rotatable bonds is 1. The first-order chi connectivity index (χ1) is 12.9. The Morgan fingerprint density at radius 2 is 1.89 bits per heavy atom. The Morgan fingerprint density at radius 3 is 2.59 bits per heavy atom. The number of piperidine rings is 1. The second-order valence-electron chi connectivity index (χ2n) is 6.95. The molecule has 1 spiro atoms. The van der Waals surface area contributed by atoms with Crippen LogP contribution in [0.4, 0.5) is 0 Å². The zero-order valence-corrected chi connectivity index (χ0v) is 17.4. The van der Waals surface area contributed by atoms with Gasteiger partial charge >= 0.3 is 0 Å². The molecule has 2 aliphatic heterocycles. The van der Waals surface area contributed by atoms with Gasteiger partial charge in [0.25, 0.3) is 5.91 Å². The number of likely N-dealkylation sites (tertiary alicyclic amines) is 1. The molecule has 1 saturated heterocycles. The second-order valence-corrected chi connectivity index (χ2v) is 8.71. The van der Waals surface area contributed by atoms with Gasteiger partial charge in [-0.2, -0.15) is 0 Å². The molecule has 2 aromatic rings. The van der Waals surface area contributed by atoms with Crippen molar-refractivity contribution in [3.8, 4) is 5.75 Å². The van der Waals surface area contributed by atoms with Crippen molar-refractivity contribution in [2.75, 3.05) is 13.1 Å². The zero-order chi connectivity index (χ0) is 19.2. The summed E-state index contributed by atoms with van der Waals surface area (Å²) in [6, 6.07) is 10.5. The van der Waals surface area contributed by atoms with E-state index in [1.165, 1.54) is 0 Å². The van der Waals surface area contributed by atoms with Gasteiger partial charge in [-0.15, -0.1) is 0 Å². The molecule has 0 atom stereocenters. The van der Waals surface area contributed by atoms with Crippen molar-refractivity contribution in [1.82, 2.24) is 4.90 Å². The van der Waals surface area contributed by atoms with E-state index in [2.05, 4.69) is 15.9 Å². The van der Waals surface area contributed by atoms with Crippen molar-refractivity contribution < 1.29 is 14.3 Å². The molecule has 0 bridgehead atoms. The van der Waals surface area contributed by atoms with Gasteiger partial charge in [-0.3, -0.25) is 9.59 Å². The maximum absolute atomic E-state index is 12.7. The summed E-state index contributed by atoms with van der Waals surface area (Å²) < 4.78 is 7.08. The maximum Gasteiger partial charge on any atom is 0.253 e. The zero-order valence-electron chi connectivity index (χ0n) is 14.3.